The zero-order valence-electron chi connectivity index (χ0n) is 13.3. The van der Waals surface area contributed by atoms with Crippen molar-refractivity contribution >= 4 is 11.6 Å². The highest BCUT2D eigenvalue weighted by Crippen LogP contribution is 2.36. The Morgan fingerprint density at radius 1 is 0.913 bits per heavy atom. The molecule has 0 bridgehead atoms. The molecule has 4 rings (SSSR count). The molecule has 0 aromatic carbocycles. The summed E-state index contributed by atoms with van der Waals surface area (Å²) in [5.74, 6) is 2.14. The molecule has 0 N–H and O–H groups in total. The van der Waals surface area contributed by atoms with E-state index in [1.807, 2.05) is 11.8 Å². The van der Waals surface area contributed by atoms with E-state index in [4.69, 9.17) is 0 Å². The number of aryl methyl sites for hydroxylation is 1. The molecule has 120 valence electrons. The second kappa shape index (κ2) is 5.40. The molecule has 7 heteroatoms. The van der Waals surface area contributed by atoms with Crippen molar-refractivity contribution in [2.24, 2.45) is 11.8 Å². The summed E-state index contributed by atoms with van der Waals surface area (Å²) in [6, 6.07) is 0. The third-order valence-electron chi connectivity index (χ3n) is 5.04. The van der Waals surface area contributed by atoms with E-state index >= 15 is 0 Å². The molecule has 4 heterocycles. The first-order valence-electron chi connectivity index (χ1n) is 7.87. The zero-order chi connectivity index (χ0) is 16.0. The number of aromatic nitrogens is 4. The van der Waals surface area contributed by atoms with Crippen LogP contribution >= 0.6 is 0 Å². The molecule has 2 fully saturated rings. The first-order valence-corrected chi connectivity index (χ1v) is 7.87. The van der Waals surface area contributed by atoms with E-state index < -0.39 is 0 Å². The molecule has 0 spiro atoms. The van der Waals surface area contributed by atoms with Crippen molar-refractivity contribution in [1.29, 1.82) is 0 Å². The van der Waals surface area contributed by atoms with Gasteiger partial charge in [-0.25, -0.2) is 24.3 Å². The number of hydrogen-bond donors (Lipinski definition) is 0. The number of rotatable bonds is 2. The fourth-order valence-electron chi connectivity index (χ4n) is 3.72. The lowest BCUT2D eigenvalue weighted by atomic mass is 10.0. The second-order valence-electron chi connectivity index (χ2n) is 6.43. The fourth-order valence-corrected chi connectivity index (χ4v) is 3.72. The fraction of sp³-hybridized carbons (Fsp3) is 0.500. The van der Waals surface area contributed by atoms with Crippen LogP contribution in [0.2, 0.25) is 0 Å². The highest BCUT2D eigenvalue weighted by atomic mass is 19.1. The first-order chi connectivity index (χ1) is 11.1. The van der Waals surface area contributed by atoms with Gasteiger partial charge in [0.15, 0.2) is 11.6 Å². The van der Waals surface area contributed by atoms with E-state index in [1.54, 1.807) is 6.33 Å². The van der Waals surface area contributed by atoms with Gasteiger partial charge in [0.25, 0.3) is 0 Å². The van der Waals surface area contributed by atoms with Crippen molar-refractivity contribution in [3.8, 4) is 0 Å². The van der Waals surface area contributed by atoms with Crippen LogP contribution in [0.5, 0.6) is 0 Å². The van der Waals surface area contributed by atoms with Crippen molar-refractivity contribution in [2.45, 2.75) is 13.8 Å². The molecule has 2 aliphatic heterocycles. The smallest absolute Gasteiger partial charge is 0.183 e. The molecule has 2 atom stereocenters. The number of halogens is 1. The molecule has 2 unspecified atom stereocenters. The van der Waals surface area contributed by atoms with Gasteiger partial charge in [-0.05, 0) is 13.8 Å². The first kappa shape index (κ1) is 14.3. The molecule has 2 aromatic heterocycles. The Kier molecular flexibility index (Phi) is 3.36. The van der Waals surface area contributed by atoms with Gasteiger partial charge in [0.2, 0.25) is 0 Å². The van der Waals surface area contributed by atoms with Crippen LogP contribution in [0.1, 0.15) is 11.3 Å². The van der Waals surface area contributed by atoms with Gasteiger partial charge in [0.1, 0.15) is 18.5 Å². The minimum Gasteiger partial charge on any atom is -0.356 e. The van der Waals surface area contributed by atoms with E-state index in [0.717, 1.165) is 43.3 Å². The van der Waals surface area contributed by atoms with Gasteiger partial charge < -0.3 is 9.80 Å². The normalized spacial score (nSPS) is 23.4. The van der Waals surface area contributed by atoms with Crippen molar-refractivity contribution in [3.63, 3.8) is 0 Å². The summed E-state index contributed by atoms with van der Waals surface area (Å²) in [4.78, 5) is 20.9. The average Bonchev–Trinajstić information content (AvgIpc) is 3.09. The Labute approximate surface area is 134 Å². The maximum Gasteiger partial charge on any atom is 0.183 e. The van der Waals surface area contributed by atoms with Crippen molar-refractivity contribution in [2.75, 3.05) is 36.0 Å². The molecular formula is C16H19FN6. The Morgan fingerprint density at radius 3 is 2.17 bits per heavy atom. The molecule has 0 radical (unpaired) electrons. The van der Waals surface area contributed by atoms with Crippen molar-refractivity contribution < 1.29 is 4.39 Å². The van der Waals surface area contributed by atoms with Crippen molar-refractivity contribution in [3.05, 3.63) is 35.9 Å². The predicted molar refractivity (Wildman–Crippen MR) is 84.9 cm³/mol. The van der Waals surface area contributed by atoms with Crippen LogP contribution in [0.25, 0.3) is 0 Å². The Bertz CT molecular complexity index is 722. The quantitative estimate of drug-likeness (QED) is 0.839. The molecule has 0 saturated carbocycles. The standard InChI is InChI=1S/C16H19FN6/c1-10-11(2)19-9-21-15(10)22-4-12-6-23(7-13(12)5-22)16-14(17)3-18-8-20-16/h3,8-9,12-13H,4-7H2,1-2H3. The summed E-state index contributed by atoms with van der Waals surface area (Å²) in [5.41, 5.74) is 2.17. The minimum atomic E-state index is -0.341. The van der Waals surface area contributed by atoms with Gasteiger partial charge in [0.05, 0.1) is 6.20 Å². The predicted octanol–water partition coefficient (Wildman–Crippen LogP) is 1.60. The lowest BCUT2D eigenvalue weighted by Crippen LogP contribution is -2.30. The van der Waals surface area contributed by atoms with Crippen LogP contribution in [0.3, 0.4) is 0 Å². The lowest BCUT2D eigenvalue weighted by Gasteiger charge is -2.24. The monoisotopic (exact) mass is 314 g/mol. The van der Waals surface area contributed by atoms with Gasteiger partial charge in [-0.1, -0.05) is 0 Å². The van der Waals surface area contributed by atoms with E-state index in [9.17, 15) is 4.39 Å². The van der Waals surface area contributed by atoms with Crippen LogP contribution in [-0.2, 0) is 0 Å². The van der Waals surface area contributed by atoms with Crippen LogP contribution in [0.15, 0.2) is 18.9 Å². The Morgan fingerprint density at radius 2 is 1.52 bits per heavy atom. The summed E-state index contributed by atoms with van der Waals surface area (Å²) in [5, 5.41) is 0. The van der Waals surface area contributed by atoms with Crippen LogP contribution in [0, 0.1) is 31.5 Å². The molecule has 0 aliphatic carbocycles. The topological polar surface area (TPSA) is 58.0 Å². The third-order valence-corrected chi connectivity index (χ3v) is 5.04. The molecule has 0 amide bonds. The highest BCUT2D eigenvalue weighted by Gasteiger charge is 2.41. The van der Waals surface area contributed by atoms with Gasteiger partial charge >= 0.3 is 0 Å². The average molecular weight is 314 g/mol. The largest absolute Gasteiger partial charge is 0.356 e. The molecule has 2 aliphatic rings. The summed E-state index contributed by atoms with van der Waals surface area (Å²) in [7, 11) is 0. The highest BCUT2D eigenvalue weighted by molar-refractivity contribution is 5.50. The van der Waals surface area contributed by atoms with E-state index in [0.29, 0.717) is 17.7 Å². The van der Waals surface area contributed by atoms with Gasteiger partial charge in [0, 0.05) is 49.3 Å². The van der Waals surface area contributed by atoms with Gasteiger partial charge in [-0.2, -0.15) is 0 Å². The molecule has 6 nitrogen and oxygen atoms in total. The van der Waals surface area contributed by atoms with Gasteiger partial charge in [-0.3, -0.25) is 0 Å². The van der Waals surface area contributed by atoms with E-state index in [-0.39, 0.29) is 5.82 Å². The van der Waals surface area contributed by atoms with Crippen LogP contribution in [0.4, 0.5) is 16.0 Å². The van der Waals surface area contributed by atoms with E-state index in [2.05, 4.69) is 31.8 Å². The lowest BCUT2D eigenvalue weighted by molar-refractivity contribution is 0.533. The number of nitrogens with zero attached hydrogens (tertiary/aromatic N) is 6. The Hall–Kier alpha value is -2.31. The number of anilines is 2. The summed E-state index contributed by atoms with van der Waals surface area (Å²) in [6.07, 6.45) is 4.27. The SMILES string of the molecule is Cc1ncnc(N2CC3CN(c4ncncc4F)CC3C2)c1C. The van der Waals surface area contributed by atoms with E-state index in [1.165, 1.54) is 12.5 Å². The van der Waals surface area contributed by atoms with Gasteiger partial charge in [-0.15, -0.1) is 0 Å². The second-order valence-corrected chi connectivity index (χ2v) is 6.43. The molecule has 2 aromatic rings. The summed E-state index contributed by atoms with van der Waals surface area (Å²) >= 11 is 0. The molecular weight excluding hydrogens is 295 g/mol. The molecule has 23 heavy (non-hydrogen) atoms. The van der Waals surface area contributed by atoms with Crippen LogP contribution < -0.4 is 9.80 Å². The summed E-state index contributed by atoms with van der Waals surface area (Å²) < 4.78 is 13.9. The number of fused-ring (bicyclic) bond motifs is 1. The maximum atomic E-state index is 13.9. The molecule has 2 saturated heterocycles. The Balaban J connectivity index is 1.50. The zero-order valence-corrected chi connectivity index (χ0v) is 13.3. The third kappa shape index (κ3) is 2.40. The minimum absolute atomic E-state index is 0.341. The maximum absolute atomic E-state index is 13.9. The summed E-state index contributed by atoms with van der Waals surface area (Å²) in [6.45, 7) is 7.64. The van der Waals surface area contributed by atoms with Crippen molar-refractivity contribution in [1.82, 2.24) is 19.9 Å². The number of hydrogen-bond acceptors (Lipinski definition) is 6. The van der Waals surface area contributed by atoms with Crippen LogP contribution in [-0.4, -0.2) is 46.1 Å².